The molecule has 0 aromatic heterocycles. The molecule has 0 spiro atoms. The molecule has 0 bridgehead atoms. The van der Waals surface area contributed by atoms with Gasteiger partial charge in [0.05, 0.1) is 0 Å². The summed E-state index contributed by atoms with van der Waals surface area (Å²) in [6.45, 7) is 2.99. The second-order valence-corrected chi connectivity index (χ2v) is 6.07. The van der Waals surface area contributed by atoms with Crippen LogP contribution in [0.3, 0.4) is 0 Å². The van der Waals surface area contributed by atoms with E-state index in [1.54, 1.807) is 0 Å². The lowest BCUT2D eigenvalue weighted by Crippen LogP contribution is -2.02. The van der Waals surface area contributed by atoms with Crippen LogP contribution < -0.4 is 0 Å². The molecule has 0 amide bonds. The smallest absolute Gasteiger partial charge is 0.247 e. The van der Waals surface area contributed by atoms with E-state index in [0.29, 0.717) is 6.61 Å². The minimum absolute atomic E-state index is 0.0554. The summed E-state index contributed by atoms with van der Waals surface area (Å²) in [4.78, 5) is 10.4. The molecule has 0 unspecified atom stereocenters. The molecule has 0 radical (unpaired) electrons. The Balaban J connectivity index is 2.94. The van der Waals surface area contributed by atoms with Gasteiger partial charge in [0.1, 0.15) is 6.61 Å². The molecule has 0 aromatic carbocycles. The summed E-state index contributed by atoms with van der Waals surface area (Å²) in [5, 5.41) is -0.403. The monoisotopic (exact) mass is 304 g/mol. The third kappa shape index (κ3) is 17.9. The number of hydrogen-bond acceptors (Lipinski definition) is 2. The molecule has 0 N–H and O–H groups in total. The van der Waals surface area contributed by atoms with E-state index in [0.717, 1.165) is 6.42 Å². The van der Waals surface area contributed by atoms with Gasteiger partial charge in [-0.1, -0.05) is 84.0 Å². The van der Waals surface area contributed by atoms with Crippen molar-refractivity contribution in [3.8, 4) is 0 Å². The Hall–Kier alpha value is -0.0800. The molecule has 2 nitrogen and oxygen atoms in total. The first kappa shape index (κ1) is 19.9. The van der Waals surface area contributed by atoms with Crippen LogP contribution in [-0.2, 0) is 9.53 Å². The van der Waals surface area contributed by atoms with E-state index in [2.05, 4.69) is 6.92 Å². The molecule has 0 heterocycles. The Morgan fingerprint density at radius 1 is 0.750 bits per heavy atom. The molecular weight excluding hydrogens is 272 g/mol. The number of rotatable bonds is 16. The summed E-state index contributed by atoms with van der Waals surface area (Å²) < 4.78 is 5.11. The van der Waals surface area contributed by atoms with E-state index >= 15 is 0 Å². The van der Waals surface area contributed by atoms with E-state index < -0.39 is 5.24 Å². The normalized spacial score (nSPS) is 10.9. The SMILES string of the molecule is CCCCCCCCCCCCCCCOCC(=O)Cl. The van der Waals surface area contributed by atoms with Crippen LogP contribution in [0, 0.1) is 0 Å². The van der Waals surface area contributed by atoms with Crippen LogP contribution in [0.1, 0.15) is 90.4 Å². The number of carbonyl (C=O) groups excluding carboxylic acids is 1. The van der Waals surface area contributed by atoms with E-state index in [1.165, 1.54) is 77.0 Å². The number of hydrogen-bond donors (Lipinski definition) is 0. The Morgan fingerprint density at radius 3 is 1.55 bits per heavy atom. The van der Waals surface area contributed by atoms with Gasteiger partial charge in [-0.25, -0.2) is 0 Å². The highest BCUT2D eigenvalue weighted by atomic mass is 35.5. The molecular formula is C17H33ClO2. The second kappa shape index (κ2) is 17.0. The van der Waals surface area contributed by atoms with Gasteiger partial charge in [-0.15, -0.1) is 0 Å². The van der Waals surface area contributed by atoms with Crippen LogP contribution in [0.2, 0.25) is 0 Å². The van der Waals surface area contributed by atoms with Crippen molar-refractivity contribution in [1.29, 1.82) is 0 Å². The fourth-order valence-electron chi connectivity index (χ4n) is 2.37. The van der Waals surface area contributed by atoms with Crippen molar-refractivity contribution in [3.63, 3.8) is 0 Å². The molecule has 0 atom stereocenters. The summed E-state index contributed by atoms with van der Waals surface area (Å²) in [5.41, 5.74) is 0. The molecule has 3 heteroatoms. The predicted octanol–water partition coefficient (Wildman–Crippen LogP) is 5.86. The first-order chi connectivity index (χ1) is 9.77. The number of unbranched alkanes of at least 4 members (excludes halogenated alkanes) is 12. The van der Waals surface area contributed by atoms with Crippen LogP contribution >= 0.6 is 11.6 Å². The van der Waals surface area contributed by atoms with E-state index in [9.17, 15) is 4.79 Å². The largest absolute Gasteiger partial charge is 0.372 e. The van der Waals surface area contributed by atoms with Crippen LogP contribution in [0.5, 0.6) is 0 Å². The molecule has 0 rings (SSSR count). The Labute approximate surface area is 130 Å². The van der Waals surface area contributed by atoms with Crippen molar-refractivity contribution in [1.82, 2.24) is 0 Å². The molecule has 0 aliphatic heterocycles. The van der Waals surface area contributed by atoms with E-state index in [1.807, 2.05) is 0 Å². The average molecular weight is 305 g/mol. The van der Waals surface area contributed by atoms with Gasteiger partial charge in [-0.3, -0.25) is 4.79 Å². The van der Waals surface area contributed by atoms with Gasteiger partial charge in [-0.05, 0) is 18.0 Å². The van der Waals surface area contributed by atoms with Crippen LogP contribution in [-0.4, -0.2) is 18.5 Å². The van der Waals surface area contributed by atoms with Crippen LogP contribution in [0.15, 0.2) is 0 Å². The van der Waals surface area contributed by atoms with Gasteiger partial charge < -0.3 is 4.74 Å². The number of ether oxygens (including phenoxy) is 1. The van der Waals surface area contributed by atoms with Gasteiger partial charge in [0.25, 0.3) is 0 Å². The highest BCUT2D eigenvalue weighted by Gasteiger charge is 1.96. The maximum Gasteiger partial charge on any atom is 0.247 e. The molecule has 0 fully saturated rings. The average Bonchev–Trinajstić information content (AvgIpc) is 2.43. The third-order valence-electron chi connectivity index (χ3n) is 3.61. The molecule has 0 aliphatic carbocycles. The van der Waals surface area contributed by atoms with E-state index in [-0.39, 0.29) is 6.61 Å². The summed E-state index contributed by atoms with van der Waals surface area (Å²) in [6, 6.07) is 0. The van der Waals surface area contributed by atoms with Crippen molar-refractivity contribution >= 4 is 16.8 Å². The lowest BCUT2D eigenvalue weighted by Gasteiger charge is -2.03. The van der Waals surface area contributed by atoms with Crippen LogP contribution in [0.25, 0.3) is 0 Å². The third-order valence-corrected chi connectivity index (χ3v) is 3.72. The topological polar surface area (TPSA) is 26.3 Å². The Kier molecular flexibility index (Phi) is 16.9. The fraction of sp³-hybridized carbons (Fsp3) is 0.941. The lowest BCUT2D eigenvalue weighted by molar-refractivity contribution is -0.115. The first-order valence-electron chi connectivity index (χ1n) is 8.53. The summed E-state index contributed by atoms with van der Waals surface area (Å²) in [6.07, 6.45) is 17.5. The standard InChI is InChI=1S/C17H33ClO2/c1-2-3-4-5-6-7-8-9-10-11-12-13-14-15-20-16-17(18)19/h2-16H2,1H3. The van der Waals surface area contributed by atoms with Gasteiger partial charge in [0.2, 0.25) is 5.24 Å². The van der Waals surface area contributed by atoms with Gasteiger partial charge in [0, 0.05) is 6.61 Å². The highest BCUT2D eigenvalue weighted by molar-refractivity contribution is 6.63. The molecule has 120 valence electrons. The number of carbonyl (C=O) groups is 1. The molecule has 0 aromatic rings. The second-order valence-electron chi connectivity index (χ2n) is 5.65. The van der Waals surface area contributed by atoms with Crippen molar-refractivity contribution in [2.45, 2.75) is 90.4 Å². The minimum Gasteiger partial charge on any atom is -0.372 e. The van der Waals surface area contributed by atoms with E-state index in [4.69, 9.17) is 16.3 Å². The number of halogens is 1. The zero-order valence-corrected chi connectivity index (χ0v) is 14.1. The minimum atomic E-state index is -0.403. The van der Waals surface area contributed by atoms with Crippen molar-refractivity contribution in [3.05, 3.63) is 0 Å². The zero-order chi connectivity index (χ0) is 14.9. The molecule has 20 heavy (non-hydrogen) atoms. The Morgan fingerprint density at radius 2 is 1.15 bits per heavy atom. The molecule has 0 saturated carbocycles. The van der Waals surface area contributed by atoms with Crippen molar-refractivity contribution < 1.29 is 9.53 Å². The summed E-state index contributed by atoms with van der Waals surface area (Å²) in [5.74, 6) is 0. The van der Waals surface area contributed by atoms with Crippen LogP contribution in [0.4, 0.5) is 0 Å². The fourth-order valence-corrected chi connectivity index (χ4v) is 2.45. The molecule has 0 saturated heterocycles. The van der Waals surface area contributed by atoms with Gasteiger partial charge in [-0.2, -0.15) is 0 Å². The van der Waals surface area contributed by atoms with Gasteiger partial charge >= 0.3 is 0 Å². The van der Waals surface area contributed by atoms with Gasteiger partial charge in [0.15, 0.2) is 0 Å². The van der Waals surface area contributed by atoms with Crippen molar-refractivity contribution in [2.75, 3.05) is 13.2 Å². The zero-order valence-electron chi connectivity index (χ0n) is 13.3. The molecule has 0 aliphatic rings. The van der Waals surface area contributed by atoms with Crippen molar-refractivity contribution in [2.24, 2.45) is 0 Å². The highest BCUT2D eigenvalue weighted by Crippen LogP contribution is 2.12. The Bertz CT molecular complexity index is 207. The lowest BCUT2D eigenvalue weighted by atomic mass is 10.0. The maximum atomic E-state index is 10.4. The summed E-state index contributed by atoms with van der Waals surface area (Å²) >= 11 is 5.17. The quantitative estimate of drug-likeness (QED) is 0.264. The predicted molar refractivity (Wildman–Crippen MR) is 87.4 cm³/mol. The first-order valence-corrected chi connectivity index (χ1v) is 8.91. The maximum absolute atomic E-state index is 10.4. The summed E-state index contributed by atoms with van der Waals surface area (Å²) in [7, 11) is 0.